The molecule has 4 rings (SSSR count). The first kappa shape index (κ1) is 16.4. The number of nitrogens with zero attached hydrogens (tertiary/aromatic N) is 2. The van der Waals surface area contributed by atoms with Gasteiger partial charge in [0.25, 0.3) is 0 Å². The maximum atomic E-state index is 12.3. The minimum atomic E-state index is -0.601. The van der Waals surface area contributed by atoms with E-state index in [2.05, 4.69) is 15.6 Å². The van der Waals surface area contributed by atoms with E-state index >= 15 is 0 Å². The summed E-state index contributed by atoms with van der Waals surface area (Å²) in [6.45, 7) is 0.734. The minimum Gasteiger partial charge on any atom is -0.390 e. The number of aromatic nitrogens is 2. The molecular formula is C20H20N4O2. The summed E-state index contributed by atoms with van der Waals surface area (Å²) in [6, 6.07) is 14.8. The molecule has 2 aromatic carbocycles. The van der Waals surface area contributed by atoms with E-state index in [0.717, 1.165) is 23.2 Å². The molecule has 132 valence electrons. The Morgan fingerprint density at radius 3 is 2.77 bits per heavy atom. The third-order valence-corrected chi connectivity index (χ3v) is 4.63. The largest absolute Gasteiger partial charge is 0.390 e. The van der Waals surface area contributed by atoms with Crippen LogP contribution < -0.4 is 10.6 Å². The molecule has 2 unspecified atom stereocenters. The molecule has 0 saturated carbocycles. The number of imidazole rings is 1. The van der Waals surface area contributed by atoms with E-state index in [-0.39, 0.29) is 12.1 Å². The monoisotopic (exact) mass is 348 g/mol. The predicted molar refractivity (Wildman–Crippen MR) is 98.8 cm³/mol. The SMILES string of the molecule is O=C(Nc1ccc(Cn2ccnc2)cc1)NC1c2ccccc2CC1O. The number of hydrogen-bond acceptors (Lipinski definition) is 3. The molecule has 3 aromatic rings. The molecule has 3 N–H and O–H groups in total. The Morgan fingerprint density at radius 2 is 2.00 bits per heavy atom. The standard InChI is InChI=1S/C20H20N4O2/c25-18-11-15-3-1-2-4-17(15)19(18)23-20(26)22-16-7-5-14(6-8-16)12-24-10-9-21-13-24/h1-10,13,18-19,25H,11-12H2,(H2,22,23,26). The summed E-state index contributed by atoms with van der Waals surface area (Å²) in [5, 5.41) is 15.9. The average molecular weight is 348 g/mol. The molecule has 0 radical (unpaired) electrons. The molecule has 0 saturated heterocycles. The lowest BCUT2D eigenvalue weighted by molar-refractivity contribution is 0.144. The summed E-state index contributed by atoms with van der Waals surface area (Å²) in [5.74, 6) is 0. The maximum absolute atomic E-state index is 12.3. The van der Waals surface area contributed by atoms with Gasteiger partial charge in [0, 0.05) is 31.0 Å². The van der Waals surface area contributed by atoms with Crippen molar-refractivity contribution in [2.24, 2.45) is 0 Å². The molecular weight excluding hydrogens is 328 g/mol. The zero-order valence-electron chi connectivity index (χ0n) is 14.2. The second-order valence-electron chi connectivity index (χ2n) is 6.48. The second kappa shape index (κ2) is 7.01. The molecule has 0 fully saturated rings. The first-order valence-electron chi connectivity index (χ1n) is 8.57. The van der Waals surface area contributed by atoms with Crippen LogP contribution in [0.3, 0.4) is 0 Å². The van der Waals surface area contributed by atoms with Crippen LogP contribution in [0.15, 0.2) is 67.3 Å². The van der Waals surface area contributed by atoms with Crippen LogP contribution in [0.1, 0.15) is 22.7 Å². The van der Waals surface area contributed by atoms with Crippen molar-refractivity contribution < 1.29 is 9.90 Å². The van der Waals surface area contributed by atoms with Crippen molar-refractivity contribution in [2.45, 2.75) is 25.1 Å². The Balaban J connectivity index is 1.38. The molecule has 6 heteroatoms. The van der Waals surface area contributed by atoms with Crippen LogP contribution in [0.2, 0.25) is 0 Å². The van der Waals surface area contributed by atoms with E-state index < -0.39 is 6.10 Å². The smallest absolute Gasteiger partial charge is 0.319 e. The molecule has 6 nitrogen and oxygen atoms in total. The first-order valence-corrected chi connectivity index (χ1v) is 8.57. The third-order valence-electron chi connectivity index (χ3n) is 4.63. The normalized spacial score (nSPS) is 18.3. The van der Waals surface area contributed by atoms with Gasteiger partial charge in [-0.2, -0.15) is 0 Å². The molecule has 0 bridgehead atoms. The first-order chi connectivity index (χ1) is 12.7. The topological polar surface area (TPSA) is 79.2 Å². The fraction of sp³-hybridized carbons (Fsp3) is 0.200. The number of benzene rings is 2. The molecule has 2 atom stereocenters. The van der Waals surface area contributed by atoms with Crippen LogP contribution in [0.5, 0.6) is 0 Å². The zero-order valence-corrected chi connectivity index (χ0v) is 14.2. The van der Waals surface area contributed by atoms with E-state index in [9.17, 15) is 9.90 Å². The molecule has 0 spiro atoms. The Labute approximate surface area is 151 Å². The molecule has 1 aliphatic rings. The van der Waals surface area contributed by atoms with Crippen LogP contribution in [-0.2, 0) is 13.0 Å². The van der Waals surface area contributed by atoms with Gasteiger partial charge >= 0.3 is 6.03 Å². The predicted octanol–water partition coefficient (Wildman–Crippen LogP) is 2.71. The van der Waals surface area contributed by atoms with Gasteiger partial charge in [0.15, 0.2) is 0 Å². The van der Waals surface area contributed by atoms with E-state index in [4.69, 9.17) is 0 Å². The van der Waals surface area contributed by atoms with E-state index in [1.54, 1.807) is 12.5 Å². The summed E-state index contributed by atoms with van der Waals surface area (Å²) < 4.78 is 1.98. The number of urea groups is 1. The van der Waals surface area contributed by atoms with Gasteiger partial charge in [0.2, 0.25) is 0 Å². The third kappa shape index (κ3) is 3.45. The Morgan fingerprint density at radius 1 is 1.19 bits per heavy atom. The number of fused-ring (bicyclic) bond motifs is 1. The van der Waals surface area contributed by atoms with E-state index in [1.165, 1.54) is 0 Å². The number of nitrogens with one attached hydrogen (secondary N) is 2. The minimum absolute atomic E-state index is 0.326. The molecule has 1 aromatic heterocycles. The van der Waals surface area contributed by atoms with Crippen molar-refractivity contribution in [1.29, 1.82) is 0 Å². The van der Waals surface area contributed by atoms with Gasteiger partial charge in [0.1, 0.15) is 0 Å². The summed E-state index contributed by atoms with van der Waals surface area (Å²) >= 11 is 0. The van der Waals surface area contributed by atoms with Crippen molar-refractivity contribution in [3.63, 3.8) is 0 Å². The lowest BCUT2D eigenvalue weighted by Gasteiger charge is -2.18. The lowest BCUT2D eigenvalue weighted by Crippen LogP contribution is -2.36. The Bertz CT molecular complexity index is 890. The van der Waals surface area contributed by atoms with Crippen molar-refractivity contribution in [3.8, 4) is 0 Å². The van der Waals surface area contributed by atoms with Gasteiger partial charge in [-0.3, -0.25) is 0 Å². The zero-order chi connectivity index (χ0) is 17.9. The fourth-order valence-electron chi connectivity index (χ4n) is 3.34. The van der Waals surface area contributed by atoms with E-state index in [0.29, 0.717) is 12.1 Å². The molecule has 0 aliphatic heterocycles. The number of rotatable bonds is 4. The van der Waals surface area contributed by atoms with Crippen molar-refractivity contribution in [2.75, 3.05) is 5.32 Å². The highest BCUT2D eigenvalue weighted by Crippen LogP contribution is 2.31. The number of carbonyl (C=O) groups is 1. The number of anilines is 1. The summed E-state index contributed by atoms with van der Waals surface area (Å²) in [5.41, 5.74) is 3.88. The highest BCUT2D eigenvalue weighted by atomic mass is 16.3. The van der Waals surface area contributed by atoms with Crippen LogP contribution in [0, 0.1) is 0 Å². The number of carbonyl (C=O) groups excluding carboxylic acids is 1. The van der Waals surface area contributed by atoms with Crippen molar-refractivity contribution >= 4 is 11.7 Å². The van der Waals surface area contributed by atoms with Crippen molar-refractivity contribution in [1.82, 2.24) is 14.9 Å². The van der Waals surface area contributed by atoms with Crippen LogP contribution in [0.25, 0.3) is 0 Å². The maximum Gasteiger partial charge on any atom is 0.319 e. The molecule has 26 heavy (non-hydrogen) atoms. The number of hydrogen-bond donors (Lipinski definition) is 3. The average Bonchev–Trinajstić information content (AvgIpc) is 3.25. The summed E-state index contributed by atoms with van der Waals surface area (Å²) in [7, 11) is 0. The number of aliphatic hydroxyl groups is 1. The van der Waals surface area contributed by atoms with Gasteiger partial charge in [-0.1, -0.05) is 36.4 Å². The van der Waals surface area contributed by atoms with Crippen LogP contribution >= 0.6 is 0 Å². The second-order valence-corrected chi connectivity index (χ2v) is 6.48. The van der Waals surface area contributed by atoms with E-state index in [1.807, 2.05) is 59.3 Å². The van der Waals surface area contributed by atoms with Gasteiger partial charge in [-0.25, -0.2) is 9.78 Å². The lowest BCUT2D eigenvalue weighted by atomic mass is 10.1. The van der Waals surface area contributed by atoms with Gasteiger partial charge < -0.3 is 20.3 Å². The molecule has 1 aliphatic carbocycles. The van der Waals surface area contributed by atoms with Gasteiger partial charge in [0.05, 0.1) is 18.5 Å². The molecule has 2 amide bonds. The Hall–Kier alpha value is -3.12. The quantitative estimate of drug-likeness (QED) is 0.678. The van der Waals surface area contributed by atoms with Gasteiger partial charge in [-0.05, 0) is 28.8 Å². The Kier molecular flexibility index (Phi) is 4.41. The molecule has 1 heterocycles. The van der Waals surface area contributed by atoms with Crippen LogP contribution in [0.4, 0.5) is 10.5 Å². The van der Waals surface area contributed by atoms with Gasteiger partial charge in [-0.15, -0.1) is 0 Å². The summed E-state index contributed by atoms with van der Waals surface area (Å²) in [4.78, 5) is 16.3. The highest BCUT2D eigenvalue weighted by molar-refractivity contribution is 5.89. The summed E-state index contributed by atoms with van der Waals surface area (Å²) in [6.07, 6.45) is 5.38. The number of amides is 2. The number of aliphatic hydroxyl groups excluding tert-OH is 1. The van der Waals surface area contributed by atoms with Crippen LogP contribution in [-0.4, -0.2) is 26.8 Å². The highest BCUT2D eigenvalue weighted by Gasteiger charge is 2.31. The van der Waals surface area contributed by atoms with Crippen molar-refractivity contribution in [3.05, 3.63) is 83.9 Å². The fourth-order valence-corrected chi connectivity index (χ4v) is 3.34.